The van der Waals surface area contributed by atoms with Gasteiger partial charge in [-0.1, -0.05) is 42.5 Å². The first-order valence-corrected chi connectivity index (χ1v) is 13.3. The van der Waals surface area contributed by atoms with E-state index in [4.69, 9.17) is 9.47 Å². The molecule has 0 atom stereocenters. The second-order valence-corrected chi connectivity index (χ2v) is 9.47. The van der Waals surface area contributed by atoms with Gasteiger partial charge in [0.15, 0.2) is 0 Å². The third kappa shape index (κ3) is 8.35. The number of aryl methyl sites for hydroxylation is 2. The van der Waals surface area contributed by atoms with Gasteiger partial charge in [-0.05, 0) is 73.6 Å². The lowest BCUT2D eigenvalue weighted by atomic mass is 10.1. The molecule has 200 valence electrons. The maximum atomic E-state index is 12.5. The van der Waals surface area contributed by atoms with Crippen LogP contribution < -0.4 is 15.0 Å². The number of unbranched alkanes of at least 4 members (excludes halogenated alkanes) is 2. The van der Waals surface area contributed by atoms with Gasteiger partial charge >= 0.3 is 5.97 Å². The molecule has 1 heterocycles. The zero-order valence-electron chi connectivity index (χ0n) is 21.7. The van der Waals surface area contributed by atoms with E-state index in [1.807, 2.05) is 35.2 Å². The molecule has 0 bridgehead atoms. The molecule has 0 aliphatic carbocycles. The first-order valence-electron chi connectivity index (χ1n) is 13.3. The molecule has 38 heavy (non-hydrogen) atoms. The number of nitrogens with one attached hydrogen (secondary N) is 1. The number of rotatable bonds is 13. The van der Waals surface area contributed by atoms with Gasteiger partial charge in [0.2, 0.25) is 5.91 Å². The van der Waals surface area contributed by atoms with Gasteiger partial charge in [-0.3, -0.25) is 4.79 Å². The molecule has 1 aliphatic rings. The molecule has 2 N–H and O–H groups in total. The zero-order valence-corrected chi connectivity index (χ0v) is 21.7. The van der Waals surface area contributed by atoms with E-state index in [-0.39, 0.29) is 11.5 Å². The molecule has 7 heteroatoms. The fourth-order valence-electron chi connectivity index (χ4n) is 4.54. The minimum Gasteiger partial charge on any atom is -0.494 e. The number of ether oxygens (including phenoxy) is 2. The second kappa shape index (κ2) is 14.2. The third-order valence-corrected chi connectivity index (χ3v) is 6.65. The van der Waals surface area contributed by atoms with Gasteiger partial charge < -0.3 is 24.8 Å². The van der Waals surface area contributed by atoms with Crippen LogP contribution in [0.1, 0.15) is 47.2 Å². The maximum Gasteiger partial charge on any atom is 0.337 e. The lowest BCUT2D eigenvalue weighted by Gasteiger charge is -2.30. The molecule has 0 radical (unpaired) electrons. The molecule has 3 aromatic carbocycles. The Kier molecular flexibility index (Phi) is 10.2. The van der Waals surface area contributed by atoms with E-state index < -0.39 is 5.97 Å². The quantitative estimate of drug-likeness (QED) is 0.288. The Labute approximate surface area is 224 Å². The van der Waals surface area contributed by atoms with Crippen LogP contribution in [0.15, 0.2) is 72.8 Å². The molecule has 4 rings (SSSR count). The molecule has 0 saturated carbocycles. The monoisotopic (exact) mass is 516 g/mol. The molecule has 7 nitrogen and oxygen atoms in total. The molecule has 3 aromatic rings. The van der Waals surface area contributed by atoms with E-state index in [9.17, 15) is 14.7 Å². The number of carboxylic acids is 1. The van der Waals surface area contributed by atoms with Crippen LogP contribution in [0.25, 0.3) is 0 Å². The van der Waals surface area contributed by atoms with Crippen molar-refractivity contribution < 1.29 is 24.2 Å². The highest BCUT2D eigenvalue weighted by atomic mass is 16.5. The van der Waals surface area contributed by atoms with Gasteiger partial charge in [0.1, 0.15) is 5.75 Å². The van der Waals surface area contributed by atoms with Crippen molar-refractivity contribution in [3.63, 3.8) is 0 Å². The van der Waals surface area contributed by atoms with Crippen molar-refractivity contribution in [1.82, 2.24) is 0 Å². The van der Waals surface area contributed by atoms with Crippen LogP contribution in [0.3, 0.4) is 0 Å². The van der Waals surface area contributed by atoms with Crippen LogP contribution in [0.2, 0.25) is 0 Å². The van der Waals surface area contributed by atoms with Crippen molar-refractivity contribution in [3.8, 4) is 5.75 Å². The fourth-order valence-corrected chi connectivity index (χ4v) is 4.54. The standard InChI is InChI=1S/C31H36N2O5/c34-30(32-26-13-16-29(28(23-26)31(35)36)33-18-21-37-22-19-33)17-12-25-10-14-27(15-11-25)38-20-6-2-5-9-24-7-3-1-4-8-24/h1,3-4,7-8,10-11,13-16,23H,2,5-6,9,12,17-22H2,(H,32,34)(H,35,36). The lowest BCUT2D eigenvalue weighted by Crippen LogP contribution is -2.37. The smallest absolute Gasteiger partial charge is 0.337 e. The Morgan fingerprint density at radius 3 is 2.34 bits per heavy atom. The minimum absolute atomic E-state index is 0.156. The molecule has 1 fully saturated rings. The van der Waals surface area contributed by atoms with Gasteiger partial charge in [0.25, 0.3) is 0 Å². The molecule has 0 spiro atoms. The van der Waals surface area contributed by atoms with Crippen molar-refractivity contribution in [1.29, 1.82) is 0 Å². The average Bonchev–Trinajstić information content (AvgIpc) is 2.95. The lowest BCUT2D eigenvalue weighted by molar-refractivity contribution is -0.116. The number of morpholine rings is 1. The summed E-state index contributed by atoms with van der Waals surface area (Å²) >= 11 is 0. The molecule has 1 aliphatic heterocycles. The predicted octanol–water partition coefficient (Wildman–Crippen LogP) is 5.58. The number of carbonyl (C=O) groups is 2. The van der Waals surface area contributed by atoms with E-state index in [0.29, 0.717) is 57.1 Å². The third-order valence-electron chi connectivity index (χ3n) is 6.65. The van der Waals surface area contributed by atoms with Crippen LogP contribution >= 0.6 is 0 Å². The second-order valence-electron chi connectivity index (χ2n) is 9.47. The molecule has 1 amide bonds. The zero-order chi connectivity index (χ0) is 26.6. The van der Waals surface area contributed by atoms with Gasteiger partial charge in [-0.2, -0.15) is 0 Å². The van der Waals surface area contributed by atoms with E-state index in [0.717, 1.165) is 37.0 Å². The largest absolute Gasteiger partial charge is 0.494 e. The molecular weight excluding hydrogens is 480 g/mol. The maximum absolute atomic E-state index is 12.5. The van der Waals surface area contributed by atoms with E-state index >= 15 is 0 Å². The van der Waals surface area contributed by atoms with Crippen LogP contribution in [-0.4, -0.2) is 49.9 Å². The summed E-state index contributed by atoms with van der Waals surface area (Å²) in [5.74, 6) is -0.337. The predicted molar refractivity (Wildman–Crippen MR) is 149 cm³/mol. The Morgan fingerprint density at radius 1 is 0.868 bits per heavy atom. The summed E-state index contributed by atoms with van der Waals surface area (Å²) in [4.78, 5) is 26.4. The van der Waals surface area contributed by atoms with Crippen LogP contribution in [-0.2, 0) is 22.4 Å². The van der Waals surface area contributed by atoms with Gasteiger partial charge in [-0.25, -0.2) is 4.79 Å². The molecule has 1 saturated heterocycles. The summed E-state index contributed by atoms with van der Waals surface area (Å²) in [6, 6.07) is 23.4. The summed E-state index contributed by atoms with van der Waals surface area (Å²) in [6.45, 7) is 3.12. The highest BCUT2D eigenvalue weighted by Gasteiger charge is 2.19. The Bertz CT molecular complexity index is 1170. The minimum atomic E-state index is -1.02. The van der Waals surface area contributed by atoms with Crippen molar-refractivity contribution in [2.45, 2.75) is 38.5 Å². The first kappa shape index (κ1) is 27.2. The number of amides is 1. The Hall–Kier alpha value is -3.84. The Morgan fingerprint density at radius 2 is 1.61 bits per heavy atom. The van der Waals surface area contributed by atoms with E-state index in [1.54, 1.807) is 12.1 Å². The number of carboxylic acid groups (broad SMARTS) is 1. The summed E-state index contributed by atoms with van der Waals surface area (Å²) < 4.78 is 11.2. The summed E-state index contributed by atoms with van der Waals surface area (Å²) in [5, 5.41) is 12.5. The van der Waals surface area contributed by atoms with Crippen molar-refractivity contribution in [3.05, 3.63) is 89.5 Å². The normalized spacial score (nSPS) is 13.2. The first-order chi connectivity index (χ1) is 18.6. The number of carbonyl (C=O) groups excluding carboxylic acids is 1. The SMILES string of the molecule is O=C(CCc1ccc(OCCCCCc2ccccc2)cc1)Nc1ccc(N2CCOCC2)c(C(=O)O)c1. The van der Waals surface area contributed by atoms with E-state index in [1.165, 1.54) is 11.6 Å². The average molecular weight is 517 g/mol. The number of hydrogen-bond acceptors (Lipinski definition) is 5. The molecular formula is C31H36N2O5. The molecule has 0 aromatic heterocycles. The van der Waals surface area contributed by atoms with Crippen molar-refractivity contribution >= 4 is 23.3 Å². The fraction of sp³-hybridized carbons (Fsp3) is 0.355. The van der Waals surface area contributed by atoms with E-state index in [2.05, 4.69) is 29.6 Å². The highest BCUT2D eigenvalue weighted by Crippen LogP contribution is 2.26. The van der Waals surface area contributed by atoms with Crippen LogP contribution in [0.5, 0.6) is 5.75 Å². The van der Waals surface area contributed by atoms with Crippen LogP contribution in [0.4, 0.5) is 11.4 Å². The number of aromatic carboxylic acids is 1. The number of nitrogens with zero attached hydrogens (tertiary/aromatic N) is 1. The Balaban J connectivity index is 1.17. The van der Waals surface area contributed by atoms with Gasteiger partial charge in [-0.15, -0.1) is 0 Å². The summed E-state index contributed by atoms with van der Waals surface area (Å²) in [5.41, 5.74) is 3.73. The number of hydrogen-bond donors (Lipinski definition) is 2. The topological polar surface area (TPSA) is 88.1 Å². The van der Waals surface area contributed by atoms with Crippen molar-refractivity contribution in [2.75, 3.05) is 43.1 Å². The van der Waals surface area contributed by atoms with Gasteiger partial charge in [0.05, 0.1) is 31.1 Å². The van der Waals surface area contributed by atoms with Gasteiger partial charge in [0, 0.05) is 25.2 Å². The highest BCUT2D eigenvalue weighted by molar-refractivity contribution is 5.98. The summed E-state index contributed by atoms with van der Waals surface area (Å²) in [7, 11) is 0. The number of anilines is 2. The van der Waals surface area contributed by atoms with Crippen molar-refractivity contribution in [2.24, 2.45) is 0 Å². The summed E-state index contributed by atoms with van der Waals surface area (Å²) in [6.07, 6.45) is 5.30. The molecule has 0 unspecified atom stereocenters. The number of benzene rings is 3. The van der Waals surface area contributed by atoms with Crippen LogP contribution in [0, 0.1) is 0 Å².